The molecule has 0 aliphatic carbocycles. The third kappa shape index (κ3) is 1.38. The summed E-state index contributed by atoms with van der Waals surface area (Å²) in [6, 6.07) is 1.67. The average molecular weight is 195 g/mol. The van der Waals surface area contributed by atoms with E-state index in [-0.39, 0.29) is 0 Å². The summed E-state index contributed by atoms with van der Waals surface area (Å²) >= 11 is 0. The molecule has 0 radical (unpaired) electrons. The number of hydrogen-bond acceptors (Lipinski definition) is 3. The van der Waals surface area contributed by atoms with Crippen molar-refractivity contribution in [1.82, 2.24) is 15.1 Å². The fourth-order valence-corrected chi connectivity index (χ4v) is 3.23. The number of likely N-dealkylation sites (N-methyl/N-ethyl adjacent to an activating group) is 1. The Hall–Kier alpha value is -0.120. The molecule has 4 heterocycles. The highest BCUT2D eigenvalue weighted by Crippen LogP contribution is 2.31. The molecule has 4 aliphatic rings. The number of piperidine rings is 3. The lowest BCUT2D eigenvalue weighted by atomic mass is 9.82. The first kappa shape index (κ1) is 9.13. The Labute approximate surface area is 86.4 Å². The van der Waals surface area contributed by atoms with Crippen LogP contribution in [-0.2, 0) is 0 Å². The van der Waals surface area contributed by atoms with Crippen molar-refractivity contribution in [3.63, 3.8) is 0 Å². The van der Waals surface area contributed by atoms with Gasteiger partial charge in [-0.25, -0.2) is 0 Å². The molecule has 0 spiro atoms. The third-order valence-corrected chi connectivity index (χ3v) is 4.48. The van der Waals surface area contributed by atoms with Crippen LogP contribution in [0.3, 0.4) is 0 Å². The summed E-state index contributed by atoms with van der Waals surface area (Å²) in [7, 11) is 2.33. The standard InChI is InChI=1S/C11H21N3/c1-13(10-6-12-7-10)11-8-14-4-2-9(11)3-5-14/h9-12H,2-8H2,1H3. The van der Waals surface area contributed by atoms with Crippen LogP contribution in [0.15, 0.2) is 0 Å². The second-order valence-corrected chi connectivity index (χ2v) is 5.18. The predicted octanol–water partition coefficient (Wildman–Crippen LogP) is -0.0158. The zero-order valence-corrected chi connectivity index (χ0v) is 9.08. The minimum Gasteiger partial charge on any atom is -0.314 e. The minimum absolute atomic E-state index is 0.820. The van der Waals surface area contributed by atoms with E-state index in [1.165, 1.54) is 45.6 Å². The van der Waals surface area contributed by atoms with Gasteiger partial charge in [0.25, 0.3) is 0 Å². The van der Waals surface area contributed by atoms with Gasteiger partial charge in [0.1, 0.15) is 0 Å². The molecule has 4 saturated heterocycles. The lowest BCUT2D eigenvalue weighted by Gasteiger charge is -2.51. The van der Waals surface area contributed by atoms with Crippen molar-refractivity contribution in [3.8, 4) is 0 Å². The molecule has 4 rings (SSSR count). The van der Waals surface area contributed by atoms with E-state index in [4.69, 9.17) is 0 Å². The summed E-state index contributed by atoms with van der Waals surface area (Å²) in [4.78, 5) is 5.29. The van der Waals surface area contributed by atoms with Crippen LogP contribution < -0.4 is 5.32 Å². The van der Waals surface area contributed by atoms with E-state index in [0.29, 0.717) is 0 Å². The van der Waals surface area contributed by atoms with E-state index in [1.807, 2.05) is 0 Å². The van der Waals surface area contributed by atoms with E-state index < -0.39 is 0 Å². The van der Waals surface area contributed by atoms with Crippen LogP contribution >= 0.6 is 0 Å². The number of nitrogens with one attached hydrogen (secondary N) is 1. The zero-order valence-electron chi connectivity index (χ0n) is 9.08. The van der Waals surface area contributed by atoms with Gasteiger partial charge in [-0.05, 0) is 38.9 Å². The largest absolute Gasteiger partial charge is 0.314 e. The maximum atomic E-state index is 3.37. The second-order valence-electron chi connectivity index (χ2n) is 5.18. The molecule has 1 unspecified atom stereocenters. The maximum absolute atomic E-state index is 3.37. The van der Waals surface area contributed by atoms with Gasteiger partial charge in [-0.15, -0.1) is 0 Å². The molecule has 1 atom stereocenters. The molecular weight excluding hydrogens is 174 g/mol. The molecular formula is C11H21N3. The van der Waals surface area contributed by atoms with Gasteiger partial charge >= 0.3 is 0 Å². The van der Waals surface area contributed by atoms with E-state index in [2.05, 4.69) is 22.2 Å². The van der Waals surface area contributed by atoms with E-state index >= 15 is 0 Å². The maximum Gasteiger partial charge on any atom is 0.0345 e. The monoisotopic (exact) mass is 195 g/mol. The van der Waals surface area contributed by atoms with Crippen molar-refractivity contribution < 1.29 is 0 Å². The van der Waals surface area contributed by atoms with Gasteiger partial charge < -0.3 is 10.2 Å². The van der Waals surface area contributed by atoms with Crippen molar-refractivity contribution in [2.24, 2.45) is 5.92 Å². The molecule has 80 valence electrons. The number of nitrogens with zero attached hydrogens (tertiary/aromatic N) is 2. The van der Waals surface area contributed by atoms with Gasteiger partial charge in [0.05, 0.1) is 0 Å². The van der Waals surface area contributed by atoms with Crippen LogP contribution in [0.4, 0.5) is 0 Å². The summed E-state index contributed by atoms with van der Waals surface area (Å²) in [6.07, 6.45) is 2.88. The summed E-state index contributed by atoms with van der Waals surface area (Å²) < 4.78 is 0. The molecule has 4 fully saturated rings. The molecule has 0 saturated carbocycles. The van der Waals surface area contributed by atoms with Crippen molar-refractivity contribution in [1.29, 1.82) is 0 Å². The van der Waals surface area contributed by atoms with Crippen molar-refractivity contribution in [3.05, 3.63) is 0 Å². The molecule has 2 bridgehead atoms. The van der Waals surface area contributed by atoms with Gasteiger partial charge in [-0.3, -0.25) is 4.90 Å². The second kappa shape index (κ2) is 3.47. The topological polar surface area (TPSA) is 18.5 Å². The van der Waals surface area contributed by atoms with Crippen LogP contribution in [0.1, 0.15) is 12.8 Å². The Morgan fingerprint density at radius 2 is 1.93 bits per heavy atom. The average Bonchev–Trinajstić information content (AvgIpc) is 2.17. The Balaban J connectivity index is 1.66. The van der Waals surface area contributed by atoms with Crippen molar-refractivity contribution >= 4 is 0 Å². The molecule has 3 nitrogen and oxygen atoms in total. The van der Waals surface area contributed by atoms with Crippen LogP contribution in [-0.4, -0.2) is 61.7 Å². The molecule has 0 aromatic carbocycles. The van der Waals surface area contributed by atoms with Crippen molar-refractivity contribution in [2.75, 3.05) is 39.8 Å². The van der Waals surface area contributed by atoms with Gasteiger partial charge in [-0.2, -0.15) is 0 Å². The molecule has 1 N–H and O–H groups in total. The summed E-state index contributed by atoms with van der Waals surface area (Å²) in [6.45, 7) is 6.47. The highest BCUT2D eigenvalue weighted by Gasteiger charge is 2.39. The lowest BCUT2D eigenvalue weighted by Crippen LogP contribution is -2.64. The minimum atomic E-state index is 0.820. The third-order valence-electron chi connectivity index (χ3n) is 4.48. The SMILES string of the molecule is CN(C1CNC1)C1CN2CCC1CC2. The fourth-order valence-electron chi connectivity index (χ4n) is 3.23. The summed E-state index contributed by atoms with van der Waals surface area (Å²) in [5, 5.41) is 3.37. The quantitative estimate of drug-likeness (QED) is 0.668. The Bertz CT molecular complexity index is 207. The molecule has 3 heteroatoms. The van der Waals surface area contributed by atoms with Crippen LogP contribution in [0.5, 0.6) is 0 Å². The highest BCUT2D eigenvalue weighted by atomic mass is 15.3. The fraction of sp³-hybridized carbons (Fsp3) is 1.00. The normalized spacial score (nSPS) is 42.9. The van der Waals surface area contributed by atoms with E-state index in [1.54, 1.807) is 0 Å². The Kier molecular flexibility index (Phi) is 2.26. The molecule has 14 heavy (non-hydrogen) atoms. The molecule has 0 aromatic rings. The van der Waals surface area contributed by atoms with Crippen LogP contribution in [0.2, 0.25) is 0 Å². The van der Waals surface area contributed by atoms with Gasteiger partial charge in [0, 0.05) is 31.7 Å². The first-order chi connectivity index (χ1) is 6.84. The molecule has 0 aromatic heterocycles. The highest BCUT2D eigenvalue weighted by molar-refractivity contribution is 4.95. The Morgan fingerprint density at radius 1 is 1.21 bits per heavy atom. The first-order valence-corrected chi connectivity index (χ1v) is 5.99. The Morgan fingerprint density at radius 3 is 2.36 bits per heavy atom. The number of fused-ring (bicyclic) bond motifs is 3. The van der Waals surface area contributed by atoms with E-state index in [9.17, 15) is 0 Å². The van der Waals surface area contributed by atoms with Crippen LogP contribution in [0, 0.1) is 5.92 Å². The van der Waals surface area contributed by atoms with Gasteiger partial charge in [-0.1, -0.05) is 0 Å². The first-order valence-electron chi connectivity index (χ1n) is 5.99. The smallest absolute Gasteiger partial charge is 0.0345 e. The molecule has 0 amide bonds. The zero-order chi connectivity index (χ0) is 9.54. The van der Waals surface area contributed by atoms with Gasteiger partial charge in [0.2, 0.25) is 0 Å². The number of hydrogen-bond donors (Lipinski definition) is 1. The van der Waals surface area contributed by atoms with Crippen LogP contribution in [0.25, 0.3) is 0 Å². The van der Waals surface area contributed by atoms with E-state index in [0.717, 1.165) is 18.0 Å². The van der Waals surface area contributed by atoms with Crippen molar-refractivity contribution in [2.45, 2.75) is 24.9 Å². The number of rotatable bonds is 2. The predicted molar refractivity (Wildman–Crippen MR) is 57.4 cm³/mol. The molecule has 4 aliphatic heterocycles. The summed E-state index contributed by atoms with van der Waals surface area (Å²) in [5.74, 6) is 0.991. The summed E-state index contributed by atoms with van der Waals surface area (Å²) in [5.41, 5.74) is 0. The van der Waals surface area contributed by atoms with Gasteiger partial charge in [0.15, 0.2) is 0 Å². The lowest BCUT2D eigenvalue weighted by molar-refractivity contribution is -0.0108.